The molecule has 0 aliphatic carbocycles. The van der Waals surface area contributed by atoms with Crippen molar-refractivity contribution in [2.45, 2.75) is 24.3 Å². The van der Waals surface area contributed by atoms with Crippen molar-refractivity contribution in [1.29, 1.82) is 0 Å². The molecule has 4 rings (SSSR count). The van der Waals surface area contributed by atoms with Crippen LogP contribution >= 0.6 is 31.9 Å². The fourth-order valence-electron chi connectivity index (χ4n) is 3.28. The Balaban J connectivity index is 1.79. The average Bonchev–Trinajstić information content (AvgIpc) is 3.16. The van der Waals surface area contributed by atoms with Gasteiger partial charge in [0.2, 0.25) is 0 Å². The third-order valence-corrected chi connectivity index (χ3v) is 7.62. The molecular weight excluding hydrogens is 516 g/mol. The van der Waals surface area contributed by atoms with Crippen LogP contribution in [0.4, 0.5) is 0 Å². The van der Waals surface area contributed by atoms with Gasteiger partial charge in [0, 0.05) is 15.4 Å². The Morgan fingerprint density at radius 3 is 2.00 bits per heavy atom. The molecule has 0 bridgehead atoms. The quantitative estimate of drug-likeness (QED) is 0.409. The molecule has 148 valence electrons. The fraction of sp³-hybridized carbons (Fsp3) is 0.136. The van der Waals surface area contributed by atoms with Crippen LogP contribution in [0.5, 0.6) is 0 Å². The van der Waals surface area contributed by atoms with E-state index in [2.05, 4.69) is 37.0 Å². The molecule has 4 nitrogen and oxygen atoms in total. The van der Waals surface area contributed by atoms with Gasteiger partial charge in [0.05, 0.1) is 16.6 Å². The van der Waals surface area contributed by atoms with Gasteiger partial charge in [0.1, 0.15) is 0 Å². The molecule has 1 aliphatic heterocycles. The van der Waals surface area contributed by atoms with Crippen LogP contribution in [0.1, 0.15) is 29.2 Å². The molecule has 0 amide bonds. The maximum absolute atomic E-state index is 13.4. The average molecular weight is 534 g/mol. The van der Waals surface area contributed by atoms with Crippen molar-refractivity contribution < 1.29 is 8.42 Å². The SMILES string of the molecule is Cc1ccc(S(=O)(=O)N2N=C(c3ccc(Br)cc3)C[C@H]2c2ccc(Br)cc2)cc1. The highest BCUT2D eigenvalue weighted by atomic mass is 79.9. The summed E-state index contributed by atoms with van der Waals surface area (Å²) in [5.74, 6) is 0. The van der Waals surface area contributed by atoms with Crippen LogP contribution in [0.25, 0.3) is 0 Å². The van der Waals surface area contributed by atoms with E-state index >= 15 is 0 Å². The van der Waals surface area contributed by atoms with Crippen molar-refractivity contribution in [3.05, 3.63) is 98.4 Å². The third kappa shape index (κ3) is 4.17. The molecule has 29 heavy (non-hydrogen) atoms. The van der Waals surface area contributed by atoms with Crippen LogP contribution in [-0.4, -0.2) is 18.5 Å². The predicted octanol–water partition coefficient (Wildman–Crippen LogP) is 6.06. The van der Waals surface area contributed by atoms with Gasteiger partial charge in [-0.25, -0.2) is 0 Å². The van der Waals surface area contributed by atoms with Crippen LogP contribution in [0, 0.1) is 6.92 Å². The Kier molecular flexibility index (Phi) is 5.64. The summed E-state index contributed by atoms with van der Waals surface area (Å²) in [6, 6.07) is 22.0. The topological polar surface area (TPSA) is 49.7 Å². The highest BCUT2D eigenvalue weighted by molar-refractivity contribution is 9.10. The molecule has 1 heterocycles. The molecule has 0 saturated carbocycles. The van der Waals surface area contributed by atoms with Gasteiger partial charge in [-0.2, -0.15) is 17.9 Å². The number of hydrogen-bond acceptors (Lipinski definition) is 3. The van der Waals surface area contributed by atoms with Crippen LogP contribution in [0.3, 0.4) is 0 Å². The van der Waals surface area contributed by atoms with Gasteiger partial charge in [0.15, 0.2) is 0 Å². The monoisotopic (exact) mass is 532 g/mol. The minimum absolute atomic E-state index is 0.242. The zero-order chi connectivity index (χ0) is 20.6. The molecule has 3 aromatic carbocycles. The number of rotatable bonds is 4. The molecule has 0 N–H and O–H groups in total. The molecule has 0 fully saturated rings. The van der Waals surface area contributed by atoms with Gasteiger partial charge in [-0.3, -0.25) is 0 Å². The summed E-state index contributed by atoms with van der Waals surface area (Å²) < 4.78 is 30.0. The predicted molar refractivity (Wildman–Crippen MR) is 122 cm³/mol. The maximum atomic E-state index is 13.4. The van der Waals surface area contributed by atoms with Gasteiger partial charge in [-0.05, 0) is 54.4 Å². The summed E-state index contributed by atoms with van der Waals surface area (Å²) in [6.07, 6.45) is 0.508. The Bertz CT molecular complexity index is 1160. The summed E-state index contributed by atoms with van der Waals surface area (Å²) >= 11 is 6.88. The summed E-state index contributed by atoms with van der Waals surface area (Å²) in [7, 11) is -3.79. The molecular formula is C22H18Br2N2O2S. The molecule has 1 atom stereocenters. The first kappa shape index (κ1) is 20.3. The van der Waals surface area contributed by atoms with E-state index < -0.39 is 16.1 Å². The minimum Gasteiger partial charge on any atom is -0.200 e. The number of hydrogen-bond donors (Lipinski definition) is 0. The lowest BCUT2D eigenvalue weighted by Gasteiger charge is -2.23. The Labute approximate surface area is 187 Å². The zero-order valence-electron chi connectivity index (χ0n) is 15.6. The summed E-state index contributed by atoms with van der Waals surface area (Å²) in [4.78, 5) is 0.242. The number of halogens is 2. The Morgan fingerprint density at radius 2 is 1.41 bits per heavy atom. The number of nitrogens with zero attached hydrogens (tertiary/aromatic N) is 2. The van der Waals surface area contributed by atoms with Gasteiger partial charge < -0.3 is 0 Å². The standard InChI is InChI=1S/C22H18Br2N2O2S/c1-15-2-12-20(13-3-15)29(27,28)26-22(17-6-10-19(24)11-7-17)14-21(25-26)16-4-8-18(23)9-5-16/h2-13,22H,14H2,1H3/t22-/m0/s1. The van der Waals surface area contributed by atoms with Gasteiger partial charge in [-0.1, -0.05) is 73.8 Å². The number of aryl methyl sites for hydroxylation is 1. The molecule has 3 aromatic rings. The number of benzene rings is 3. The fourth-order valence-corrected chi connectivity index (χ4v) is 5.24. The summed E-state index contributed by atoms with van der Waals surface area (Å²) in [5, 5.41) is 4.57. The summed E-state index contributed by atoms with van der Waals surface area (Å²) in [6.45, 7) is 1.93. The van der Waals surface area contributed by atoms with E-state index in [0.29, 0.717) is 6.42 Å². The maximum Gasteiger partial charge on any atom is 0.279 e. The molecule has 0 spiro atoms. The number of sulfonamides is 1. The Morgan fingerprint density at radius 1 is 0.862 bits per heavy atom. The van der Waals surface area contributed by atoms with E-state index in [1.807, 2.05) is 55.5 Å². The second-order valence-corrected chi connectivity index (χ2v) is 10.5. The first-order valence-corrected chi connectivity index (χ1v) is 12.1. The number of hydrazone groups is 1. The molecule has 0 aromatic heterocycles. The second-order valence-electron chi connectivity index (χ2n) is 6.92. The molecule has 7 heteroatoms. The lowest BCUT2D eigenvalue weighted by atomic mass is 9.99. The van der Waals surface area contributed by atoms with Gasteiger partial charge in [-0.15, -0.1) is 0 Å². The van der Waals surface area contributed by atoms with E-state index in [9.17, 15) is 8.42 Å². The van der Waals surface area contributed by atoms with E-state index in [1.54, 1.807) is 24.3 Å². The van der Waals surface area contributed by atoms with Crippen LogP contribution in [-0.2, 0) is 10.0 Å². The van der Waals surface area contributed by atoms with Crippen molar-refractivity contribution in [1.82, 2.24) is 4.41 Å². The third-order valence-electron chi connectivity index (χ3n) is 4.87. The normalized spacial score (nSPS) is 16.7. The minimum atomic E-state index is -3.79. The Hall–Kier alpha value is -1.96. The second kappa shape index (κ2) is 8.05. The van der Waals surface area contributed by atoms with Crippen molar-refractivity contribution in [3.8, 4) is 0 Å². The highest BCUT2D eigenvalue weighted by Gasteiger charge is 2.37. The van der Waals surface area contributed by atoms with Crippen LogP contribution in [0.2, 0.25) is 0 Å². The van der Waals surface area contributed by atoms with E-state index in [0.717, 1.165) is 31.3 Å². The van der Waals surface area contributed by atoms with Crippen molar-refractivity contribution >= 4 is 47.6 Å². The molecule has 1 aliphatic rings. The van der Waals surface area contributed by atoms with Crippen molar-refractivity contribution in [2.24, 2.45) is 5.10 Å². The highest BCUT2D eigenvalue weighted by Crippen LogP contribution is 2.37. The molecule has 0 unspecified atom stereocenters. The first-order valence-electron chi connectivity index (χ1n) is 9.04. The largest absolute Gasteiger partial charge is 0.279 e. The van der Waals surface area contributed by atoms with Gasteiger partial charge >= 0.3 is 0 Å². The van der Waals surface area contributed by atoms with Crippen molar-refractivity contribution in [2.75, 3.05) is 0 Å². The zero-order valence-corrected chi connectivity index (χ0v) is 19.6. The first-order chi connectivity index (χ1) is 13.8. The van der Waals surface area contributed by atoms with Crippen LogP contribution in [0.15, 0.2) is 91.7 Å². The lowest BCUT2D eigenvalue weighted by Crippen LogP contribution is -2.27. The molecule has 0 radical (unpaired) electrons. The smallest absolute Gasteiger partial charge is 0.200 e. The van der Waals surface area contributed by atoms with E-state index in [4.69, 9.17) is 0 Å². The van der Waals surface area contributed by atoms with E-state index in [1.165, 1.54) is 4.41 Å². The summed E-state index contributed by atoms with van der Waals surface area (Å²) in [5.41, 5.74) is 3.58. The van der Waals surface area contributed by atoms with Gasteiger partial charge in [0.25, 0.3) is 10.0 Å². The van der Waals surface area contributed by atoms with E-state index in [-0.39, 0.29) is 4.90 Å². The lowest BCUT2D eigenvalue weighted by molar-refractivity contribution is 0.371. The van der Waals surface area contributed by atoms with Crippen molar-refractivity contribution in [3.63, 3.8) is 0 Å². The van der Waals surface area contributed by atoms with Crippen LogP contribution < -0.4 is 0 Å². The molecule has 0 saturated heterocycles.